The van der Waals surface area contributed by atoms with Crippen LogP contribution in [0.25, 0.3) is 0 Å². The molecule has 0 unspecified atom stereocenters. The van der Waals surface area contributed by atoms with Crippen LogP contribution in [-0.2, 0) is 14.4 Å². The molecule has 1 heterocycles. The molecule has 5 heteroatoms. The van der Waals surface area contributed by atoms with Crippen molar-refractivity contribution < 1.29 is 14.4 Å². The van der Waals surface area contributed by atoms with E-state index in [4.69, 9.17) is 0 Å². The van der Waals surface area contributed by atoms with Gasteiger partial charge in [0, 0.05) is 12.5 Å². The van der Waals surface area contributed by atoms with Gasteiger partial charge in [0.15, 0.2) is 0 Å². The van der Waals surface area contributed by atoms with Gasteiger partial charge in [-0.1, -0.05) is 34.1 Å². The highest BCUT2D eigenvalue weighted by Gasteiger charge is 2.38. The molecule has 0 fully saturated rings. The fraction of sp³-hybridized carbons (Fsp3) is 0.706. The summed E-state index contributed by atoms with van der Waals surface area (Å²) in [4.78, 5) is 38.0. The van der Waals surface area contributed by atoms with Gasteiger partial charge in [-0.05, 0) is 31.3 Å². The molecule has 0 aromatic heterocycles. The van der Waals surface area contributed by atoms with E-state index in [2.05, 4.69) is 19.2 Å². The predicted octanol–water partition coefficient (Wildman–Crippen LogP) is 2.41. The Morgan fingerprint density at radius 1 is 1.32 bits per heavy atom. The Bertz CT molecular complexity index is 469. The first-order valence-electron chi connectivity index (χ1n) is 8.16. The number of nitrogens with one attached hydrogen (secondary N) is 1. The van der Waals surface area contributed by atoms with E-state index in [1.165, 1.54) is 11.0 Å². The minimum Gasteiger partial charge on any atom is -0.344 e. The van der Waals surface area contributed by atoms with E-state index in [1.807, 2.05) is 13.8 Å². The first-order valence-corrected chi connectivity index (χ1v) is 8.16. The fourth-order valence-corrected chi connectivity index (χ4v) is 2.73. The van der Waals surface area contributed by atoms with Gasteiger partial charge in [-0.3, -0.25) is 19.3 Å². The van der Waals surface area contributed by atoms with E-state index in [-0.39, 0.29) is 23.8 Å². The Kier molecular flexibility index (Phi) is 6.78. The van der Waals surface area contributed by atoms with Crippen LogP contribution in [0.2, 0.25) is 0 Å². The average molecular weight is 308 g/mol. The summed E-state index contributed by atoms with van der Waals surface area (Å²) in [5, 5.41) is 2.75. The molecule has 1 aliphatic heterocycles. The molecular weight excluding hydrogens is 280 g/mol. The molecule has 124 valence electrons. The molecule has 0 radical (unpaired) electrons. The van der Waals surface area contributed by atoms with E-state index in [0.29, 0.717) is 18.8 Å². The first kappa shape index (κ1) is 18.4. The molecule has 0 aromatic rings. The van der Waals surface area contributed by atoms with Crippen LogP contribution in [0.4, 0.5) is 0 Å². The van der Waals surface area contributed by atoms with E-state index in [9.17, 15) is 14.4 Å². The molecule has 22 heavy (non-hydrogen) atoms. The topological polar surface area (TPSA) is 66.5 Å². The van der Waals surface area contributed by atoms with Crippen molar-refractivity contribution in [3.63, 3.8) is 0 Å². The van der Waals surface area contributed by atoms with Crippen molar-refractivity contribution in [2.24, 2.45) is 5.92 Å². The molecule has 3 amide bonds. The molecule has 1 rings (SSSR count). The van der Waals surface area contributed by atoms with Gasteiger partial charge in [0.05, 0.1) is 6.04 Å². The van der Waals surface area contributed by atoms with Crippen LogP contribution in [0.3, 0.4) is 0 Å². The van der Waals surface area contributed by atoms with Crippen molar-refractivity contribution in [2.75, 3.05) is 0 Å². The number of rotatable bonds is 7. The lowest BCUT2D eigenvalue weighted by Gasteiger charge is -2.30. The van der Waals surface area contributed by atoms with Crippen molar-refractivity contribution in [2.45, 2.75) is 72.4 Å². The lowest BCUT2D eigenvalue weighted by Crippen LogP contribution is -2.52. The molecule has 0 bridgehead atoms. The summed E-state index contributed by atoms with van der Waals surface area (Å²) in [5.74, 6) is -0.333. The maximum Gasteiger partial charge on any atom is 0.253 e. The molecule has 1 N–H and O–H groups in total. The Hall–Kier alpha value is -1.65. The lowest BCUT2D eigenvalue weighted by atomic mass is 9.98. The third-order valence-corrected chi connectivity index (χ3v) is 3.89. The largest absolute Gasteiger partial charge is 0.344 e. The minimum atomic E-state index is -0.615. The van der Waals surface area contributed by atoms with Gasteiger partial charge in [-0.2, -0.15) is 0 Å². The van der Waals surface area contributed by atoms with Gasteiger partial charge < -0.3 is 5.32 Å². The third kappa shape index (κ3) is 4.42. The van der Waals surface area contributed by atoms with E-state index in [0.717, 1.165) is 18.4 Å². The molecule has 0 aliphatic carbocycles. The summed E-state index contributed by atoms with van der Waals surface area (Å²) in [6, 6.07) is -0.798. The molecule has 1 aliphatic rings. The fourth-order valence-electron chi connectivity index (χ4n) is 2.73. The van der Waals surface area contributed by atoms with Gasteiger partial charge in [-0.15, -0.1) is 0 Å². The highest BCUT2D eigenvalue weighted by Crippen LogP contribution is 2.26. The van der Waals surface area contributed by atoms with E-state index in [1.54, 1.807) is 6.92 Å². The van der Waals surface area contributed by atoms with Crippen LogP contribution in [0, 0.1) is 5.92 Å². The Balaban J connectivity index is 2.95. The molecular formula is C17H28N2O3. The van der Waals surface area contributed by atoms with Crippen molar-refractivity contribution in [3.05, 3.63) is 11.6 Å². The van der Waals surface area contributed by atoms with E-state index < -0.39 is 6.04 Å². The summed E-state index contributed by atoms with van der Waals surface area (Å²) in [6.07, 6.45) is 3.93. The zero-order chi connectivity index (χ0) is 16.9. The second kappa shape index (κ2) is 8.11. The van der Waals surface area contributed by atoms with Gasteiger partial charge in [0.1, 0.15) is 6.04 Å². The summed E-state index contributed by atoms with van der Waals surface area (Å²) < 4.78 is 0. The molecule has 0 saturated carbocycles. The Labute approximate surface area is 133 Å². The van der Waals surface area contributed by atoms with Crippen molar-refractivity contribution in [3.8, 4) is 0 Å². The number of carbonyl (C=O) groups excluding carboxylic acids is 3. The van der Waals surface area contributed by atoms with Gasteiger partial charge in [0.25, 0.3) is 11.8 Å². The number of nitrogens with zero attached hydrogens (tertiary/aromatic N) is 1. The molecule has 5 nitrogen and oxygen atoms in total. The number of carbonyl (C=O) groups is 3. The van der Waals surface area contributed by atoms with Crippen molar-refractivity contribution >= 4 is 17.7 Å². The zero-order valence-corrected chi connectivity index (χ0v) is 14.3. The number of hydrogen-bond donors (Lipinski definition) is 1. The zero-order valence-electron chi connectivity index (χ0n) is 14.3. The molecule has 0 aromatic carbocycles. The standard InChI is InChI=1S/C17H28N2O3/c1-6-8-13(18-15(20)7-2)17(22)19-14(9-11(3)4)12(5)10-16(19)21/h10-11,13-14H,6-9H2,1-5H3,(H,18,20)/t13-,14-/m1/s1. The Morgan fingerprint density at radius 3 is 2.45 bits per heavy atom. The van der Waals surface area contributed by atoms with Crippen LogP contribution >= 0.6 is 0 Å². The Morgan fingerprint density at radius 2 is 1.95 bits per heavy atom. The summed E-state index contributed by atoms with van der Waals surface area (Å²) in [6.45, 7) is 9.73. The van der Waals surface area contributed by atoms with Crippen LogP contribution in [0.5, 0.6) is 0 Å². The second-order valence-electron chi connectivity index (χ2n) is 6.34. The molecule has 0 spiro atoms. The highest BCUT2D eigenvalue weighted by atomic mass is 16.2. The summed E-state index contributed by atoms with van der Waals surface area (Å²) in [7, 11) is 0. The average Bonchev–Trinajstić information content (AvgIpc) is 2.71. The minimum absolute atomic E-state index is 0.163. The SMILES string of the molecule is CCC[C@@H](NC(=O)CC)C(=O)N1C(=O)C=C(C)[C@H]1CC(C)C. The summed E-state index contributed by atoms with van der Waals surface area (Å²) in [5.41, 5.74) is 0.920. The van der Waals surface area contributed by atoms with E-state index >= 15 is 0 Å². The van der Waals surface area contributed by atoms with Gasteiger partial charge in [-0.25, -0.2) is 0 Å². The predicted molar refractivity (Wildman–Crippen MR) is 86.0 cm³/mol. The quantitative estimate of drug-likeness (QED) is 0.785. The highest BCUT2D eigenvalue weighted by molar-refractivity contribution is 6.06. The monoisotopic (exact) mass is 308 g/mol. The number of imide groups is 1. The smallest absolute Gasteiger partial charge is 0.253 e. The normalized spacial score (nSPS) is 19.4. The summed E-state index contributed by atoms with van der Waals surface area (Å²) >= 11 is 0. The lowest BCUT2D eigenvalue weighted by molar-refractivity contribution is -0.146. The van der Waals surface area contributed by atoms with Gasteiger partial charge in [0.2, 0.25) is 5.91 Å². The third-order valence-electron chi connectivity index (χ3n) is 3.89. The van der Waals surface area contributed by atoms with Crippen LogP contribution in [0.15, 0.2) is 11.6 Å². The molecule has 0 saturated heterocycles. The van der Waals surface area contributed by atoms with Crippen LogP contribution in [-0.4, -0.2) is 34.7 Å². The second-order valence-corrected chi connectivity index (χ2v) is 6.34. The first-order chi connectivity index (χ1) is 10.3. The van der Waals surface area contributed by atoms with Crippen molar-refractivity contribution in [1.82, 2.24) is 10.2 Å². The molecule has 2 atom stereocenters. The maximum absolute atomic E-state index is 12.8. The van der Waals surface area contributed by atoms with Gasteiger partial charge >= 0.3 is 0 Å². The van der Waals surface area contributed by atoms with Crippen LogP contribution < -0.4 is 5.32 Å². The van der Waals surface area contributed by atoms with Crippen molar-refractivity contribution in [1.29, 1.82) is 0 Å². The number of hydrogen-bond acceptors (Lipinski definition) is 3. The van der Waals surface area contributed by atoms with Crippen LogP contribution in [0.1, 0.15) is 60.3 Å². The number of amides is 3. The maximum atomic E-state index is 12.8.